The fourth-order valence-electron chi connectivity index (χ4n) is 9.49. The number of hydrogen-bond acceptors (Lipinski definition) is 2. The molecule has 2 heterocycles. The zero-order valence-electron chi connectivity index (χ0n) is 36.7. The van der Waals surface area contributed by atoms with E-state index in [1.807, 2.05) is 0 Å². The van der Waals surface area contributed by atoms with Crippen LogP contribution in [0.1, 0.15) is 0 Å². The molecule has 0 aliphatic carbocycles. The summed E-state index contributed by atoms with van der Waals surface area (Å²) in [6.45, 7) is 0. The van der Waals surface area contributed by atoms with Gasteiger partial charge in [-0.2, -0.15) is 0 Å². The lowest BCUT2D eigenvalue weighted by atomic mass is 9.91. The van der Waals surface area contributed by atoms with Gasteiger partial charge in [0.15, 0.2) is 5.82 Å². The molecule has 0 atom stereocenters. The minimum Gasteiger partial charge on any atom is -0.294 e. The first kappa shape index (κ1) is 39.7. The van der Waals surface area contributed by atoms with E-state index >= 15 is 0 Å². The Kier molecular flexibility index (Phi) is 10.2. The maximum absolute atomic E-state index is 5.50. The van der Waals surface area contributed by atoms with Crippen LogP contribution in [0.25, 0.3) is 117 Å². The van der Waals surface area contributed by atoms with Crippen LogP contribution in [0.2, 0.25) is 0 Å². The van der Waals surface area contributed by atoms with E-state index in [9.17, 15) is 0 Å². The van der Waals surface area contributed by atoms with E-state index in [1.165, 1.54) is 33.4 Å². The fraction of sp³-hybridized carbons (Fsp3) is 0. The number of hydrogen-bond donors (Lipinski definition) is 0. The van der Waals surface area contributed by atoms with E-state index in [4.69, 9.17) is 9.97 Å². The zero-order chi connectivity index (χ0) is 44.5. The summed E-state index contributed by atoms with van der Waals surface area (Å²) < 4.78 is 2.28. The van der Waals surface area contributed by atoms with Crippen molar-refractivity contribution in [3.63, 3.8) is 0 Å². The predicted octanol–water partition coefficient (Wildman–Crippen LogP) is 16.9. The molecule has 0 unspecified atom stereocenters. The standard InChI is InChI=1S/C64H43N3/c1-5-19-44(20-6-1)47-25-17-31-53(39-47)62-61-59-35-13-14-36-60(59)67(58-33-11-4-12-34-58)64(61)66-63(65-62)54-32-18-29-51(40-54)49-27-15-26-48(37-49)50-28-16-30-52(38-50)57-42-55(45-21-7-2-8-22-45)41-56(43-57)46-23-9-3-10-24-46/h1-43H. The van der Waals surface area contributed by atoms with Gasteiger partial charge >= 0.3 is 0 Å². The summed E-state index contributed by atoms with van der Waals surface area (Å²) in [6.07, 6.45) is 0. The highest BCUT2D eigenvalue weighted by Crippen LogP contribution is 2.40. The molecule has 0 spiro atoms. The molecule has 3 nitrogen and oxygen atoms in total. The molecule has 0 amide bonds. The van der Waals surface area contributed by atoms with Crippen LogP contribution < -0.4 is 0 Å². The van der Waals surface area contributed by atoms with Gasteiger partial charge in [-0.1, -0.05) is 200 Å². The second kappa shape index (κ2) is 17.2. The van der Waals surface area contributed by atoms with Crippen LogP contribution in [0.15, 0.2) is 261 Å². The van der Waals surface area contributed by atoms with E-state index in [1.54, 1.807) is 0 Å². The van der Waals surface area contributed by atoms with Crippen LogP contribution in [0.3, 0.4) is 0 Å². The molecule has 0 radical (unpaired) electrons. The third kappa shape index (κ3) is 7.69. The Morgan fingerprint density at radius 3 is 1.13 bits per heavy atom. The Labute approximate surface area is 390 Å². The van der Waals surface area contributed by atoms with Crippen LogP contribution in [0.5, 0.6) is 0 Å². The second-order valence-corrected chi connectivity index (χ2v) is 17.0. The van der Waals surface area contributed by atoms with Gasteiger partial charge in [0.2, 0.25) is 0 Å². The summed E-state index contributed by atoms with van der Waals surface area (Å²) in [5, 5.41) is 2.14. The molecule has 0 N–H and O–H groups in total. The Morgan fingerprint density at radius 2 is 0.597 bits per heavy atom. The first-order valence-corrected chi connectivity index (χ1v) is 22.8. The van der Waals surface area contributed by atoms with Crippen molar-refractivity contribution in [2.45, 2.75) is 0 Å². The number of aromatic nitrogens is 3. The Balaban J connectivity index is 0.962. The van der Waals surface area contributed by atoms with Gasteiger partial charge in [-0.25, -0.2) is 9.97 Å². The van der Waals surface area contributed by atoms with Gasteiger partial charge in [0.1, 0.15) is 5.65 Å². The average Bonchev–Trinajstić information content (AvgIpc) is 3.76. The number of fused-ring (bicyclic) bond motifs is 3. The minimum atomic E-state index is 0.672. The van der Waals surface area contributed by atoms with Gasteiger partial charge < -0.3 is 0 Å². The van der Waals surface area contributed by atoms with Crippen LogP contribution >= 0.6 is 0 Å². The van der Waals surface area contributed by atoms with Gasteiger partial charge in [0.05, 0.1) is 16.6 Å². The third-order valence-corrected chi connectivity index (χ3v) is 12.8. The Morgan fingerprint density at radius 1 is 0.254 bits per heavy atom. The van der Waals surface area contributed by atoms with Crippen LogP contribution in [0.4, 0.5) is 0 Å². The highest BCUT2D eigenvalue weighted by molar-refractivity contribution is 6.14. The molecule has 0 fully saturated rings. The number of nitrogens with zero attached hydrogens (tertiary/aromatic N) is 3. The molecule has 10 aromatic carbocycles. The molecule has 314 valence electrons. The van der Waals surface area contributed by atoms with Crippen molar-refractivity contribution < 1.29 is 0 Å². The van der Waals surface area contributed by atoms with E-state index < -0.39 is 0 Å². The molecule has 0 aliphatic heterocycles. The highest BCUT2D eigenvalue weighted by atomic mass is 15.1. The van der Waals surface area contributed by atoms with Crippen LogP contribution in [-0.4, -0.2) is 14.5 Å². The highest BCUT2D eigenvalue weighted by Gasteiger charge is 2.21. The van der Waals surface area contributed by atoms with Crippen molar-refractivity contribution in [1.29, 1.82) is 0 Å². The molecule has 12 rings (SSSR count). The smallest absolute Gasteiger partial charge is 0.162 e. The topological polar surface area (TPSA) is 30.7 Å². The average molecular weight is 854 g/mol. The van der Waals surface area contributed by atoms with Crippen LogP contribution in [-0.2, 0) is 0 Å². The maximum atomic E-state index is 5.50. The monoisotopic (exact) mass is 853 g/mol. The quantitative estimate of drug-likeness (QED) is 0.145. The van der Waals surface area contributed by atoms with Crippen molar-refractivity contribution in [2.24, 2.45) is 0 Å². The third-order valence-electron chi connectivity index (χ3n) is 12.8. The lowest BCUT2D eigenvalue weighted by Crippen LogP contribution is -1.99. The second-order valence-electron chi connectivity index (χ2n) is 17.0. The van der Waals surface area contributed by atoms with Gasteiger partial charge in [-0.3, -0.25) is 4.57 Å². The van der Waals surface area contributed by atoms with Crippen molar-refractivity contribution >= 4 is 21.9 Å². The fourth-order valence-corrected chi connectivity index (χ4v) is 9.49. The number of para-hydroxylation sites is 2. The summed E-state index contributed by atoms with van der Waals surface area (Å²) in [4.78, 5) is 11.0. The Bertz CT molecular complexity index is 3670. The lowest BCUT2D eigenvalue weighted by molar-refractivity contribution is 1.11. The Hall–Kier alpha value is -8.92. The van der Waals surface area contributed by atoms with E-state index in [0.717, 1.165) is 77.8 Å². The molecule has 3 heteroatoms. The van der Waals surface area contributed by atoms with Gasteiger partial charge in [0.25, 0.3) is 0 Å². The first-order chi connectivity index (χ1) is 33.2. The minimum absolute atomic E-state index is 0.672. The summed E-state index contributed by atoms with van der Waals surface area (Å²) in [7, 11) is 0. The predicted molar refractivity (Wildman–Crippen MR) is 280 cm³/mol. The zero-order valence-corrected chi connectivity index (χ0v) is 36.7. The van der Waals surface area contributed by atoms with Crippen LogP contribution in [0, 0.1) is 0 Å². The SMILES string of the molecule is c1ccc(-c2cc(-c3ccccc3)cc(-c3cccc(-c4cccc(-c5cccc(-c6nc(-c7cccc(-c8ccccc8)c7)c7c8ccccc8n(-c8ccccc8)c7n6)c5)c4)c3)c2)cc1. The van der Waals surface area contributed by atoms with Gasteiger partial charge in [-0.05, 0) is 127 Å². The summed E-state index contributed by atoms with van der Waals surface area (Å²) in [6, 6.07) is 93.1. The summed E-state index contributed by atoms with van der Waals surface area (Å²) in [5.41, 5.74) is 19.9. The molecule has 0 saturated heterocycles. The molecule has 0 bridgehead atoms. The first-order valence-electron chi connectivity index (χ1n) is 22.8. The molecule has 2 aromatic heterocycles. The number of rotatable bonds is 9. The van der Waals surface area contributed by atoms with Crippen molar-refractivity contribution in [3.05, 3.63) is 261 Å². The van der Waals surface area contributed by atoms with Gasteiger partial charge in [-0.15, -0.1) is 0 Å². The lowest BCUT2D eigenvalue weighted by Gasteiger charge is -2.13. The normalized spacial score (nSPS) is 11.3. The molecule has 67 heavy (non-hydrogen) atoms. The summed E-state index contributed by atoms with van der Waals surface area (Å²) >= 11 is 0. The number of benzene rings is 10. The van der Waals surface area contributed by atoms with E-state index in [2.05, 4.69) is 265 Å². The molecular weight excluding hydrogens is 811 g/mol. The molecule has 0 saturated carbocycles. The molecular formula is C64H43N3. The van der Waals surface area contributed by atoms with Crippen molar-refractivity contribution in [1.82, 2.24) is 14.5 Å². The van der Waals surface area contributed by atoms with Gasteiger partial charge in [0, 0.05) is 22.2 Å². The van der Waals surface area contributed by atoms with E-state index in [-0.39, 0.29) is 0 Å². The maximum Gasteiger partial charge on any atom is 0.162 e. The summed E-state index contributed by atoms with van der Waals surface area (Å²) in [5.74, 6) is 0.672. The molecule has 0 aliphatic rings. The molecule has 12 aromatic rings. The van der Waals surface area contributed by atoms with Crippen molar-refractivity contribution in [2.75, 3.05) is 0 Å². The van der Waals surface area contributed by atoms with E-state index in [0.29, 0.717) is 5.82 Å². The largest absolute Gasteiger partial charge is 0.294 e. The van der Waals surface area contributed by atoms with Crippen molar-refractivity contribution in [3.8, 4) is 95.1 Å².